The molecule has 0 aromatic carbocycles. The Morgan fingerprint density at radius 1 is 0.451 bits per heavy atom. The first-order valence-corrected chi connectivity index (χ1v) is 33.9. The Bertz CT molecular complexity index is 1720. The van der Waals surface area contributed by atoms with Crippen molar-refractivity contribution in [3.63, 3.8) is 0 Å². The summed E-state index contributed by atoms with van der Waals surface area (Å²) < 4.78 is 78.5. The summed E-state index contributed by atoms with van der Waals surface area (Å²) in [5, 5.41) is 73.8. The number of unbranched alkanes of at least 4 members (excludes halogenated alkanes) is 22. The van der Waals surface area contributed by atoms with Crippen LogP contribution in [0.5, 0.6) is 0 Å². The van der Waals surface area contributed by atoms with Crippen LogP contribution >= 0.6 is 15.6 Å². The minimum Gasteiger partial charge on any atom is -0.462 e. The second kappa shape index (κ2) is 45.0. The average Bonchev–Trinajstić information content (AvgIpc) is 3.53. The molecule has 23 nitrogen and oxygen atoms in total. The molecule has 0 bridgehead atoms. The molecule has 2 rings (SSSR count). The van der Waals surface area contributed by atoms with E-state index in [-0.39, 0.29) is 32.7 Å². The highest BCUT2D eigenvalue weighted by atomic mass is 31.2. The molecule has 2 aliphatic rings. The van der Waals surface area contributed by atoms with Crippen LogP contribution in [0, 0.1) is 17.8 Å². The molecule has 0 saturated carbocycles. The van der Waals surface area contributed by atoms with E-state index in [1.807, 2.05) is 0 Å². The molecule has 82 heavy (non-hydrogen) atoms. The molecule has 486 valence electrons. The maximum Gasteiger partial charge on any atom is 0.472 e. The molecule has 9 N–H and O–H groups in total. The van der Waals surface area contributed by atoms with Crippen molar-refractivity contribution < 1.29 is 111 Å². The molecule has 25 heteroatoms. The average molecular weight is 1230 g/mol. The van der Waals surface area contributed by atoms with Crippen molar-refractivity contribution in [3.05, 3.63) is 0 Å². The van der Waals surface area contributed by atoms with E-state index < -0.39 is 140 Å². The lowest BCUT2D eigenvalue weighted by atomic mass is 9.98. The van der Waals surface area contributed by atoms with Gasteiger partial charge in [0.1, 0.15) is 55.4 Å². The van der Waals surface area contributed by atoms with E-state index in [1.54, 1.807) is 6.92 Å². The van der Waals surface area contributed by atoms with Gasteiger partial charge in [-0.15, -0.1) is 0 Å². The minimum absolute atomic E-state index is 0.117. The van der Waals surface area contributed by atoms with Gasteiger partial charge in [-0.1, -0.05) is 189 Å². The Morgan fingerprint density at radius 2 is 0.854 bits per heavy atom. The highest BCUT2D eigenvalue weighted by molar-refractivity contribution is 7.47. The number of esters is 2. The van der Waals surface area contributed by atoms with Crippen molar-refractivity contribution in [2.24, 2.45) is 17.8 Å². The molecule has 2 fully saturated rings. The third-order valence-electron chi connectivity index (χ3n) is 15.0. The van der Waals surface area contributed by atoms with Crippen molar-refractivity contribution in [2.45, 2.75) is 282 Å². The lowest BCUT2D eigenvalue weighted by Gasteiger charge is -2.43. The Balaban J connectivity index is 1.93. The monoisotopic (exact) mass is 1220 g/mol. The first-order valence-electron chi connectivity index (χ1n) is 31.0. The van der Waals surface area contributed by atoms with Crippen LogP contribution in [0.4, 0.5) is 0 Å². The Hall–Kier alpha value is -1.28. The molecule has 2 saturated heterocycles. The molecular weight excluding hydrogens is 1110 g/mol. The molecule has 10 unspecified atom stereocenters. The van der Waals surface area contributed by atoms with E-state index in [4.69, 9.17) is 51.6 Å². The Morgan fingerprint density at radius 3 is 1.32 bits per heavy atom. The van der Waals surface area contributed by atoms with Crippen molar-refractivity contribution in [1.29, 1.82) is 0 Å². The predicted molar refractivity (Wildman–Crippen MR) is 305 cm³/mol. The summed E-state index contributed by atoms with van der Waals surface area (Å²) in [6.45, 7) is 5.88. The first kappa shape index (κ1) is 76.8. The normalized spacial score (nSPS) is 26.1. The zero-order valence-corrected chi connectivity index (χ0v) is 52.0. The van der Waals surface area contributed by atoms with E-state index in [2.05, 4.69) is 20.8 Å². The number of phosphoric acid groups is 2. The molecule has 0 radical (unpaired) electrons. The van der Waals surface area contributed by atoms with E-state index >= 15 is 0 Å². The summed E-state index contributed by atoms with van der Waals surface area (Å²) in [6, 6.07) is 0. The third-order valence-corrected chi connectivity index (χ3v) is 16.9. The second-order valence-corrected chi connectivity index (χ2v) is 25.8. The smallest absolute Gasteiger partial charge is 0.462 e. The van der Waals surface area contributed by atoms with Gasteiger partial charge in [0.05, 0.1) is 39.6 Å². The molecule has 2 aliphatic heterocycles. The number of aliphatic hydroxyl groups is 7. The summed E-state index contributed by atoms with van der Waals surface area (Å²) in [6.07, 6.45) is 11.2. The van der Waals surface area contributed by atoms with Crippen molar-refractivity contribution in [3.8, 4) is 0 Å². The molecule has 0 aliphatic carbocycles. The highest BCUT2D eigenvalue weighted by Crippen LogP contribution is 2.46. The van der Waals surface area contributed by atoms with Gasteiger partial charge >= 0.3 is 27.6 Å². The standard InChI is InChI=1S/C57H110O23P2/c1-6-8-9-10-11-12-13-14-15-16-17-18-19-24-27-30-33-49(60)78-45(38-71-48(59)32-29-26-23-21-20-22-25-28-31-42(3)7-2)39-72-56-54(65)52(63)50(61)46(79-56)40-73-57-55(66)53(64)51(62)47(80-57)41-77-82(69,70)76-37-44(5)36-75-81(67,68)74-35-43(4)34-58/h42-47,50-58,61-66H,6-41H2,1-5H3,(H,67,68)(H,69,70)/t42?,43?,44?,45?,46?,47?,50-,51-,52-,53-,54-,55-,56?,57?/m0/s1. The van der Waals surface area contributed by atoms with E-state index in [1.165, 1.54) is 110 Å². The molecule has 2 heterocycles. The number of hydrogen-bond acceptors (Lipinski definition) is 21. The summed E-state index contributed by atoms with van der Waals surface area (Å²) in [5.41, 5.74) is 0. The van der Waals surface area contributed by atoms with Gasteiger partial charge in [0.15, 0.2) is 18.7 Å². The molecule has 16 atom stereocenters. The molecule has 0 spiro atoms. The largest absolute Gasteiger partial charge is 0.472 e. The zero-order chi connectivity index (χ0) is 60.8. The zero-order valence-electron chi connectivity index (χ0n) is 50.2. The fourth-order valence-electron chi connectivity index (χ4n) is 9.25. The van der Waals surface area contributed by atoms with Crippen molar-refractivity contribution in [2.75, 3.05) is 52.9 Å². The van der Waals surface area contributed by atoms with Gasteiger partial charge in [0, 0.05) is 31.3 Å². The third kappa shape index (κ3) is 34.9. The van der Waals surface area contributed by atoms with Gasteiger partial charge in [-0.3, -0.25) is 27.7 Å². The van der Waals surface area contributed by atoms with E-state index in [0.29, 0.717) is 12.8 Å². The summed E-state index contributed by atoms with van der Waals surface area (Å²) >= 11 is 0. The number of carbonyl (C=O) groups excluding carboxylic acids is 2. The molecular formula is C57H110O23P2. The van der Waals surface area contributed by atoms with Crippen LogP contribution in [-0.2, 0) is 65.2 Å². The van der Waals surface area contributed by atoms with Crippen LogP contribution in [0.15, 0.2) is 0 Å². The lowest BCUT2D eigenvalue weighted by molar-refractivity contribution is -0.332. The highest BCUT2D eigenvalue weighted by Gasteiger charge is 2.48. The van der Waals surface area contributed by atoms with Gasteiger partial charge < -0.3 is 74.0 Å². The van der Waals surface area contributed by atoms with E-state index in [0.717, 1.165) is 57.3 Å². The maximum absolute atomic E-state index is 13.1. The van der Waals surface area contributed by atoms with Gasteiger partial charge in [-0.05, 0) is 18.8 Å². The molecule has 0 aromatic rings. The predicted octanol–water partition coefficient (Wildman–Crippen LogP) is 8.22. The summed E-state index contributed by atoms with van der Waals surface area (Å²) in [4.78, 5) is 46.2. The number of carbonyl (C=O) groups is 2. The van der Waals surface area contributed by atoms with Crippen LogP contribution in [0.2, 0.25) is 0 Å². The topological polar surface area (TPSA) is 343 Å². The molecule has 0 amide bonds. The number of hydrogen-bond donors (Lipinski definition) is 9. The fraction of sp³-hybridized carbons (Fsp3) is 0.965. The Kier molecular flexibility index (Phi) is 42.2. The maximum atomic E-state index is 13.1. The fourth-order valence-corrected chi connectivity index (χ4v) is 11.1. The molecule has 0 aromatic heterocycles. The quantitative estimate of drug-likeness (QED) is 0.0157. The van der Waals surface area contributed by atoms with Crippen LogP contribution in [0.3, 0.4) is 0 Å². The number of rotatable bonds is 51. The van der Waals surface area contributed by atoms with Gasteiger partial charge in [-0.25, -0.2) is 9.13 Å². The van der Waals surface area contributed by atoms with Gasteiger partial charge in [-0.2, -0.15) is 0 Å². The van der Waals surface area contributed by atoms with Crippen LogP contribution < -0.4 is 0 Å². The van der Waals surface area contributed by atoms with Gasteiger partial charge in [0.25, 0.3) is 0 Å². The number of aliphatic hydroxyl groups excluding tert-OH is 7. The lowest BCUT2D eigenvalue weighted by Crippen LogP contribution is -2.62. The summed E-state index contributed by atoms with van der Waals surface area (Å²) in [7, 11) is -9.42. The van der Waals surface area contributed by atoms with Gasteiger partial charge in [0.2, 0.25) is 0 Å². The first-order chi connectivity index (χ1) is 39.1. The number of ether oxygens (including phenoxy) is 6. The second-order valence-electron chi connectivity index (χ2n) is 22.9. The number of phosphoric ester groups is 2. The van der Waals surface area contributed by atoms with Crippen LogP contribution in [0.1, 0.15) is 214 Å². The van der Waals surface area contributed by atoms with Crippen molar-refractivity contribution in [1.82, 2.24) is 0 Å². The van der Waals surface area contributed by atoms with Crippen LogP contribution in [0.25, 0.3) is 0 Å². The van der Waals surface area contributed by atoms with Crippen LogP contribution in [-0.4, -0.2) is 178 Å². The van der Waals surface area contributed by atoms with Crippen molar-refractivity contribution >= 4 is 27.6 Å². The Labute approximate surface area is 489 Å². The minimum atomic E-state index is -4.91. The summed E-state index contributed by atoms with van der Waals surface area (Å²) in [5.74, 6) is -1.43. The SMILES string of the molecule is CCCCCCCCCCCCCCCCCCC(=O)OC(COC(=O)CCCCCCCCCCC(C)CC)COC1OC(COC2OC(COP(=O)(O)OCC(C)COP(=O)(O)OCC(C)CO)[C@H](O)[C@H](O)[C@@H]2O)[C@H](O)[C@H](O)[C@@H]1O. The van der Waals surface area contributed by atoms with E-state index in [9.17, 15) is 59.1 Å².